The van der Waals surface area contributed by atoms with Crippen molar-refractivity contribution in [3.8, 4) is 28.0 Å². The molecule has 0 spiro atoms. The number of nitrogens with zero attached hydrogens (tertiary/aromatic N) is 6. The third-order valence-corrected chi connectivity index (χ3v) is 15.4. The van der Waals surface area contributed by atoms with Crippen LogP contribution < -0.4 is 5.32 Å². The van der Waals surface area contributed by atoms with Crippen molar-refractivity contribution in [2.75, 3.05) is 78.7 Å². The Hall–Kier alpha value is -8.05. The lowest BCUT2D eigenvalue weighted by molar-refractivity contribution is -0.133. The van der Waals surface area contributed by atoms with Gasteiger partial charge >= 0.3 is 12.2 Å². The summed E-state index contributed by atoms with van der Waals surface area (Å²) in [5, 5.41) is 17.0. The maximum atomic E-state index is 14.2. The lowest BCUT2D eigenvalue weighted by Gasteiger charge is -2.38. The molecule has 404 valence electrons. The molecule has 0 saturated carbocycles. The van der Waals surface area contributed by atoms with Gasteiger partial charge in [-0.2, -0.15) is 0 Å². The van der Waals surface area contributed by atoms with Crippen molar-refractivity contribution in [3.63, 3.8) is 0 Å². The number of rotatable bonds is 21. The average Bonchev–Trinajstić information content (AvgIpc) is 4.30. The number of aryl methyl sites for hydroxylation is 2. The topological polar surface area (TPSA) is 168 Å². The molecular formula is C62H67N7O9. The molecule has 2 aliphatic carbocycles. The molecule has 0 unspecified atom stereocenters. The van der Waals surface area contributed by atoms with Gasteiger partial charge in [0.05, 0.1) is 39.4 Å². The third-order valence-electron chi connectivity index (χ3n) is 15.4. The van der Waals surface area contributed by atoms with Crippen LogP contribution in [0.4, 0.5) is 15.3 Å². The van der Waals surface area contributed by atoms with Crippen molar-refractivity contribution in [2.45, 2.75) is 63.6 Å². The van der Waals surface area contributed by atoms with Crippen molar-refractivity contribution in [3.05, 3.63) is 173 Å². The second-order valence-electron chi connectivity index (χ2n) is 20.2. The van der Waals surface area contributed by atoms with Crippen LogP contribution in [-0.4, -0.2) is 138 Å². The number of anilines is 1. The van der Waals surface area contributed by atoms with Gasteiger partial charge in [0.2, 0.25) is 11.8 Å². The number of aromatic nitrogens is 2. The van der Waals surface area contributed by atoms with Crippen LogP contribution >= 0.6 is 0 Å². The van der Waals surface area contributed by atoms with E-state index in [0.29, 0.717) is 44.7 Å². The Bertz CT molecular complexity index is 3190. The lowest BCUT2D eigenvalue weighted by atomic mass is 9.98. The van der Waals surface area contributed by atoms with Gasteiger partial charge in [-0.3, -0.25) is 9.59 Å². The van der Waals surface area contributed by atoms with Gasteiger partial charge < -0.3 is 43.7 Å². The minimum Gasteiger partial charge on any atom is -0.508 e. The molecule has 78 heavy (non-hydrogen) atoms. The van der Waals surface area contributed by atoms with E-state index in [9.17, 15) is 24.3 Å². The van der Waals surface area contributed by atoms with E-state index in [-0.39, 0.29) is 94.5 Å². The van der Waals surface area contributed by atoms with Crippen LogP contribution in [0.2, 0.25) is 0 Å². The maximum Gasteiger partial charge on any atom is 0.424 e. The SMILES string of the molecule is Cc1ccc(NC(=O)CCOCCOCCN(C(=O)OCC2c3ccccc3-c3ccccc32)C2CCN(C(=O)CCn3c(CN(C)N(C)C(=O)OCC4c5ccccc5-c5ccccc54)cc4cccnc43)CC2)cc1O. The summed E-state index contributed by atoms with van der Waals surface area (Å²) >= 11 is 0. The lowest BCUT2D eigenvalue weighted by Crippen LogP contribution is -2.50. The Kier molecular flexibility index (Phi) is 16.8. The predicted molar refractivity (Wildman–Crippen MR) is 298 cm³/mol. The Balaban J connectivity index is 0.726. The van der Waals surface area contributed by atoms with Gasteiger partial charge in [-0.05, 0) is 94.1 Å². The molecule has 3 aliphatic rings. The number of likely N-dealkylation sites (tertiary alicyclic amines) is 1. The number of ether oxygens (including phenoxy) is 4. The summed E-state index contributed by atoms with van der Waals surface area (Å²) in [6, 6.07) is 43.8. The van der Waals surface area contributed by atoms with E-state index in [1.807, 2.05) is 77.6 Å². The van der Waals surface area contributed by atoms with Gasteiger partial charge in [-0.15, -0.1) is 0 Å². The molecule has 1 fully saturated rings. The smallest absolute Gasteiger partial charge is 0.424 e. The van der Waals surface area contributed by atoms with Crippen LogP contribution in [0.5, 0.6) is 5.75 Å². The fraction of sp³-hybridized carbons (Fsp3) is 0.339. The summed E-state index contributed by atoms with van der Waals surface area (Å²) in [5.41, 5.74) is 12.1. The number of aromatic hydroxyl groups is 1. The highest BCUT2D eigenvalue weighted by Gasteiger charge is 2.34. The highest BCUT2D eigenvalue weighted by Crippen LogP contribution is 2.46. The number of pyridine rings is 1. The number of phenolic OH excluding ortho intramolecular Hbond substituents is 1. The fourth-order valence-electron chi connectivity index (χ4n) is 11.1. The highest BCUT2D eigenvalue weighted by atomic mass is 16.6. The van der Waals surface area contributed by atoms with Gasteiger partial charge in [-0.1, -0.05) is 103 Å². The molecule has 3 heterocycles. The minimum absolute atomic E-state index is 0.00393. The summed E-state index contributed by atoms with van der Waals surface area (Å²) in [7, 11) is 3.54. The number of carbonyl (C=O) groups excluding carboxylic acids is 4. The molecule has 1 aliphatic heterocycles. The zero-order valence-corrected chi connectivity index (χ0v) is 44.5. The summed E-state index contributed by atoms with van der Waals surface area (Å²) in [4.78, 5) is 62.6. The average molecular weight is 1050 g/mol. The van der Waals surface area contributed by atoms with Gasteiger partial charge in [0.25, 0.3) is 0 Å². The molecule has 0 radical (unpaired) electrons. The van der Waals surface area contributed by atoms with Crippen LogP contribution in [0.1, 0.15) is 71.0 Å². The standard InChI is InChI=1S/C62H67N7O9/c1-42-22-23-44(38-57(42)70)64-58(71)27-33-75-35-36-76-34-32-69(62(74)78-41-56-53-20-10-6-16-49(53)50-17-7-11-21-54(50)56)45-24-29-67(30-25-45)59(72)26-31-68-46(37-43-13-12-28-63-60(43)68)39-65(2)66(3)61(73)77-40-55-51-18-8-4-14-47(51)48-15-5-9-19-52(48)55/h4-23,28,37-38,45,55-56,70H,24-27,29-36,39-41H2,1-3H3,(H,64,71). The second-order valence-corrected chi connectivity index (χ2v) is 20.2. The number of amides is 4. The molecule has 7 aromatic rings. The molecule has 10 rings (SSSR count). The molecule has 16 nitrogen and oxygen atoms in total. The van der Waals surface area contributed by atoms with E-state index in [0.717, 1.165) is 55.7 Å². The molecule has 2 N–H and O–H groups in total. The summed E-state index contributed by atoms with van der Waals surface area (Å²) < 4.78 is 25.9. The number of phenols is 1. The maximum absolute atomic E-state index is 14.2. The van der Waals surface area contributed by atoms with E-state index in [4.69, 9.17) is 23.9 Å². The first-order valence-electron chi connectivity index (χ1n) is 26.9. The van der Waals surface area contributed by atoms with Crippen LogP contribution in [0, 0.1) is 6.92 Å². The first-order valence-corrected chi connectivity index (χ1v) is 26.9. The Morgan fingerprint density at radius 2 is 1.23 bits per heavy atom. The summed E-state index contributed by atoms with van der Waals surface area (Å²) in [6.45, 7) is 5.09. The Morgan fingerprint density at radius 3 is 1.82 bits per heavy atom. The zero-order chi connectivity index (χ0) is 54.1. The molecule has 1 saturated heterocycles. The number of piperidine rings is 1. The number of hydrazine groups is 1. The van der Waals surface area contributed by atoms with Crippen molar-refractivity contribution in [2.24, 2.45) is 0 Å². The van der Waals surface area contributed by atoms with Gasteiger partial charge in [0, 0.05) is 93.6 Å². The molecule has 16 heteroatoms. The molecule has 4 amide bonds. The molecule has 2 aromatic heterocycles. The third kappa shape index (κ3) is 11.9. The second kappa shape index (κ2) is 24.5. The highest BCUT2D eigenvalue weighted by molar-refractivity contribution is 5.91. The number of hydrogen-bond donors (Lipinski definition) is 2. The largest absolute Gasteiger partial charge is 0.508 e. The van der Waals surface area contributed by atoms with Gasteiger partial charge in [-0.25, -0.2) is 24.6 Å². The van der Waals surface area contributed by atoms with Crippen LogP contribution in [-0.2, 0) is 41.6 Å². The van der Waals surface area contributed by atoms with Gasteiger partial charge in [0.15, 0.2) is 0 Å². The molecule has 0 atom stereocenters. The quantitative estimate of drug-likeness (QED) is 0.0519. The Labute approximate surface area is 455 Å². The van der Waals surface area contributed by atoms with E-state index in [1.165, 1.54) is 22.2 Å². The van der Waals surface area contributed by atoms with Crippen LogP contribution in [0.3, 0.4) is 0 Å². The number of benzene rings is 5. The van der Waals surface area contributed by atoms with E-state index < -0.39 is 12.2 Å². The normalized spacial score (nSPS) is 14.0. The molecular weight excluding hydrogens is 987 g/mol. The van der Waals surface area contributed by atoms with E-state index in [1.54, 1.807) is 37.2 Å². The number of carbonyl (C=O) groups is 4. The van der Waals surface area contributed by atoms with Crippen LogP contribution in [0.25, 0.3) is 33.3 Å². The van der Waals surface area contributed by atoms with Gasteiger partial charge in [0.1, 0.15) is 24.6 Å². The van der Waals surface area contributed by atoms with Crippen molar-refractivity contribution in [1.82, 2.24) is 29.4 Å². The summed E-state index contributed by atoms with van der Waals surface area (Å²) in [6.07, 6.45) is 2.35. The molecule has 0 bridgehead atoms. The summed E-state index contributed by atoms with van der Waals surface area (Å²) in [5.74, 6) is -0.271. The predicted octanol–water partition coefficient (Wildman–Crippen LogP) is 9.97. The first kappa shape index (κ1) is 53.4. The fourth-order valence-corrected chi connectivity index (χ4v) is 11.1. The first-order chi connectivity index (χ1) is 38.0. The Morgan fingerprint density at radius 1 is 0.667 bits per heavy atom. The van der Waals surface area contributed by atoms with E-state index in [2.05, 4.69) is 64.5 Å². The van der Waals surface area contributed by atoms with Crippen LogP contribution in [0.15, 0.2) is 140 Å². The number of hydrogen-bond acceptors (Lipinski definition) is 11. The van der Waals surface area contributed by atoms with Crippen molar-refractivity contribution < 1.29 is 43.2 Å². The van der Waals surface area contributed by atoms with Crippen molar-refractivity contribution >= 4 is 40.7 Å². The number of fused-ring (bicyclic) bond motifs is 7. The van der Waals surface area contributed by atoms with E-state index >= 15 is 0 Å². The molecule has 5 aromatic carbocycles. The monoisotopic (exact) mass is 1050 g/mol. The number of nitrogens with one attached hydrogen (secondary N) is 1. The zero-order valence-electron chi connectivity index (χ0n) is 44.5. The minimum atomic E-state index is -0.466. The van der Waals surface area contributed by atoms with Crippen molar-refractivity contribution in [1.29, 1.82) is 0 Å².